The molecular weight excluding hydrogens is 178 g/mol. The van der Waals surface area contributed by atoms with Crippen molar-refractivity contribution in [3.05, 3.63) is 0 Å². The summed E-state index contributed by atoms with van der Waals surface area (Å²) in [5.41, 5.74) is 0. The van der Waals surface area contributed by atoms with Crippen molar-refractivity contribution in [3.63, 3.8) is 0 Å². The van der Waals surface area contributed by atoms with Crippen LogP contribution in [0.15, 0.2) is 0 Å². The monoisotopic (exact) mass is 199 g/mol. The summed E-state index contributed by atoms with van der Waals surface area (Å²) >= 11 is 0. The van der Waals surface area contributed by atoms with Gasteiger partial charge >= 0.3 is 0 Å². The van der Waals surface area contributed by atoms with Gasteiger partial charge in [0.05, 0.1) is 12.5 Å². The summed E-state index contributed by atoms with van der Waals surface area (Å²) in [5, 5.41) is 9.04. The second-order valence-corrected chi connectivity index (χ2v) is 4.18. The van der Waals surface area contributed by atoms with Crippen LogP contribution in [0, 0.1) is 5.92 Å². The maximum absolute atomic E-state index is 11.9. The van der Waals surface area contributed by atoms with Crippen molar-refractivity contribution < 1.29 is 9.90 Å². The van der Waals surface area contributed by atoms with Crippen LogP contribution in [0.2, 0.25) is 0 Å². The van der Waals surface area contributed by atoms with E-state index in [0.717, 1.165) is 19.3 Å². The molecule has 3 heteroatoms. The summed E-state index contributed by atoms with van der Waals surface area (Å²) in [6, 6.07) is 0.420. The molecule has 0 aromatic carbocycles. The zero-order valence-corrected chi connectivity index (χ0v) is 9.20. The summed E-state index contributed by atoms with van der Waals surface area (Å²) in [4.78, 5) is 13.7. The van der Waals surface area contributed by atoms with Crippen LogP contribution >= 0.6 is 0 Å². The Kier molecular flexibility index (Phi) is 4.39. The van der Waals surface area contributed by atoms with Crippen molar-refractivity contribution >= 4 is 5.91 Å². The number of aliphatic hydroxyl groups is 1. The molecule has 0 bridgehead atoms. The van der Waals surface area contributed by atoms with Crippen LogP contribution in [0.25, 0.3) is 0 Å². The van der Waals surface area contributed by atoms with Crippen molar-refractivity contribution in [2.24, 2.45) is 5.92 Å². The Morgan fingerprint density at radius 3 is 2.50 bits per heavy atom. The lowest BCUT2D eigenvalue weighted by atomic mass is 10.1. The van der Waals surface area contributed by atoms with E-state index in [2.05, 4.69) is 0 Å². The highest BCUT2D eigenvalue weighted by molar-refractivity contribution is 5.79. The van der Waals surface area contributed by atoms with Gasteiger partial charge in [0.25, 0.3) is 0 Å². The van der Waals surface area contributed by atoms with Crippen LogP contribution in [-0.4, -0.2) is 35.6 Å². The molecule has 14 heavy (non-hydrogen) atoms. The average molecular weight is 199 g/mol. The Labute approximate surface area is 86.1 Å². The fraction of sp³-hybridized carbons (Fsp3) is 0.909. The zero-order chi connectivity index (χ0) is 10.6. The SMILES string of the molecule is CCC(CO)C(=O)N(C)C1CCCC1. The van der Waals surface area contributed by atoms with E-state index >= 15 is 0 Å². The van der Waals surface area contributed by atoms with E-state index in [-0.39, 0.29) is 18.4 Å². The molecule has 0 aromatic heterocycles. The van der Waals surface area contributed by atoms with Crippen LogP contribution in [-0.2, 0) is 4.79 Å². The summed E-state index contributed by atoms with van der Waals surface area (Å²) in [7, 11) is 1.87. The first-order chi connectivity index (χ1) is 6.70. The maximum atomic E-state index is 11.9. The number of nitrogens with zero attached hydrogens (tertiary/aromatic N) is 1. The minimum Gasteiger partial charge on any atom is -0.396 e. The normalized spacial score (nSPS) is 19.6. The molecule has 82 valence electrons. The Hall–Kier alpha value is -0.570. The van der Waals surface area contributed by atoms with Gasteiger partial charge < -0.3 is 10.0 Å². The summed E-state index contributed by atoms with van der Waals surface area (Å²) < 4.78 is 0. The lowest BCUT2D eigenvalue weighted by Gasteiger charge is -2.27. The van der Waals surface area contributed by atoms with Gasteiger partial charge in [0, 0.05) is 13.1 Å². The highest BCUT2D eigenvalue weighted by Gasteiger charge is 2.27. The molecule has 0 aromatic rings. The maximum Gasteiger partial charge on any atom is 0.227 e. The number of hydrogen-bond acceptors (Lipinski definition) is 2. The van der Waals surface area contributed by atoms with Crippen molar-refractivity contribution in [1.82, 2.24) is 4.90 Å². The minimum atomic E-state index is -0.194. The lowest BCUT2D eigenvalue weighted by Crippen LogP contribution is -2.40. The first-order valence-corrected chi connectivity index (χ1v) is 5.58. The quantitative estimate of drug-likeness (QED) is 0.743. The highest BCUT2D eigenvalue weighted by Crippen LogP contribution is 2.23. The van der Waals surface area contributed by atoms with E-state index in [1.54, 1.807) is 0 Å². The fourth-order valence-electron chi connectivity index (χ4n) is 2.14. The van der Waals surface area contributed by atoms with E-state index in [1.165, 1.54) is 12.8 Å². The van der Waals surface area contributed by atoms with Crippen molar-refractivity contribution in [1.29, 1.82) is 0 Å². The summed E-state index contributed by atoms with van der Waals surface area (Å²) in [6.45, 7) is 1.92. The van der Waals surface area contributed by atoms with Crippen LogP contribution in [0.4, 0.5) is 0 Å². The molecule has 1 aliphatic rings. The Morgan fingerprint density at radius 2 is 2.07 bits per heavy atom. The molecule has 1 saturated carbocycles. The van der Waals surface area contributed by atoms with Gasteiger partial charge in [0.15, 0.2) is 0 Å². The van der Waals surface area contributed by atoms with E-state index in [0.29, 0.717) is 6.04 Å². The average Bonchev–Trinajstić information content (AvgIpc) is 2.71. The van der Waals surface area contributed by atoms with Crippen LogP contribution in [0.5, 0.6) is 0 Å². The number of aliphatic hydroxyl groups excluding tert-OH is 1. The third kappa shape index (κ3) is 2.47. The molecule has 0 aliphatic heterocycles. The predicted molar refractivity (Wildman–Crippen MR) is 55.9 cm³/mol. The molecule has 0 radical (unpaired) electrons. The molecule has 1 amide bonds. The van der Waals surface area contributed by atoms with Gasteiger partial charge in [-0.3, -0.25) is 4.79 Å². The molecule has 1 rings (SSSR count). The van der Waals surface area contributed by atoms with Crippen molar-refractivity contribution in [2.75, 3.05) is 13.7 Å². The molecular formula is C11H21NO2. The molecule has 3 nitrogen and oxygen atoms in total. The Balaban J connectivity index is 2.49. The topological polar surface area (TPSA) is 40.5 Å². The minimum absolute atomic E-state index is 0.0214. The van der Waals surface area contributed by atoms with E-state index < -0.39 is 0 Å². The third-order valence-corrected chi connectivity index (χ3v) is 3.28. The van der Waals surface area contributed by atoms with Gasteiger partial charge in [-0.15, -0.1) is 0 Å². The molecule has 1 unspecified atom stereocenters. The molecule has 1 atom stereocenters. The largest absolute Gasteiger partial charge is 0.396 e. The van der Waals surface area contributed by atoms with E-state index in [4.69, 9.17) is 5.11 Å². The standard InChI is InChI=1S/C11H21NO2/c1-3-9(8-13)11(14)12(2)10-6-4-5-7-10/h9-10,13H,3-8H2,1-2H3. The van der Waals surface area contributed by atoms with Gasteiger partial charge in [0.1, 0.15) is 0 Å². The van der Waals surface area contributed by atoms with Crippen LogP contribution in [0.1, 0.15) is 39.0 Å². The number of amides is 1. The predicted octanol–water partition coefficient (Wildman–Crippen LogP) is 1.41. The number of carbonyl (C=O) groups excluding carboxylic acids is 1. The first kappa shape index (κ1) is 11.5. The molecule has 0 heterocycles. The smallest absolute Gasteiger partial charge is 0.227 e. The van der Waals surface area contributed by atoms with Gasteiger partial charge in [-0.1, -0.05) is 19.8 Å². The molecule has 1 N–H and O–H groups in total. The van der Waals surface area contributed by atoms with E-state index in [1.807, 2.05) is 18.9 Å². The number of hydrogen-bond donors (Lipinski definition) is 1. The molecule has 0 spiro atoms. The Bertz CT molecular complexity index is 184. The van der Waals surface area contributed by atoms with Crippen LogP contribution < -0.4 is 0 Å². The second-order valence-electron chi connectivity index (χ2n) is 4.18. The lowest BCUT2D eigenvalue weighted by molar-refractivity contribution is -0.137. The van der Waals surface area contributed by atoms with Gasteiger partial charge in [-0.05, 0) is 19.3 Å². The van der Waals surface area contributed by atoms with Crippen LogP contribution in [0.3, 0.4) is 0 Å². The second kappa shape index (κ2) is 5.35. The Morgan fingerprint density at radius 1 is 1.50 bits per heavy atom. The highest BCUT2D eigenvalue weighted by atomic mass is 16.3. The van der Waals surface area contributed by atoms with Crippen molar-refractivity contribution in [3.8, 4) is 0 Å². The van der Waals surface area contributed by atoms with Gasteiger partial charge in [-0.25, -0.2) is 0 Å². The van der Waals surface area contributed by atoms with Gasteiger partial charge in [0.2, 0.25) is 5.91 Å². The first-order valence-electron chi connectivity index (χ1n) is 5.58. The molecule has 1 aliphatic carbocycles. The fourth-order valence-corrected chi connectivity index (χ4v) is 2.14. The van der Waals surface area contributed by atoms with Crippen molar-refractivity contribution in [2.45, 2.75) is 45.1 Å². The molecule has 1 fully saturated rings. The number of carbonyl (C=O) groups is 1. The summed E-state index contributed by atoms with van der Waals surface area (Å²) in [6.07, 6.45) is 5.46. The third-order valence-electron chi connectivity index (χ3n) is 3.28. The summed E-state index contributed by atoms with van der Waals surface area (Å²) in [5.74, 6) is -0.0810. The number of rotatable bonds is 4. The molecule has 0 saturated heterocycles. The van der Waals surface area contributed by atoms with E-state index in [9.17, 15) is 4.79 Å². The zero-order valence-electron chi connectivity index (χ0n) is 9.20. The van der Waals surface area contributed by atoms with Gasteiger partial charge in [-0.2, -0.15) is 0 Å².